The first-order valence-corrected chi connectivity index (χ1v) is 9.54. The average molecular weight is 352 g/mol. The Morgan fingerprint density at radius 2 is 1.65 bits per heavy atom. The van der Waals surface area contributed by atoms with Crippen molar-refractivity contribution in [3.05, 3.63) is 65.7 Å². The molecule has 1 saturated heterocycles. The average Bonchev–Trinajstić information content (AvgIpc) is 2.94. The summed E-state index contributed by atoms with van der Waals surface area (Å²) in [6, 6.07) is 17.9. The normalized spacial score (nSPS) is 15.2. The highest BCUT2D eigenvalue weighted by Gasteiger charge is 2.10. The van der Waals surface area contributed by atoms with Crippen LogP contribution in [0, 0.1) is 0 Å². The molecule has 1 N–H and O–H groups in total. The van der Waals surface area contributed by atoms with Crippen molar-refractivity contribution in [3.63, 3.8) is 0 Å². The van der Waals surface area contributed by atoms with Gasteiger partial charge in [0.25, 0.3) is 5.91 Å². The van der Waals surface area contributed by atoms with Crippen LogP contribution in [0.4, 0.5) is 0 Å². The zero-order valence-electron chi connectivity index (χ0n) is 15.3. The number of carbonyl (C=O) groups excluding carboxylic acids is 1. The summed E-state index contributed by atoms with van der Waals surface area (Å²) in [7, 11) is 0. The fraction of sp³-hybridized carbons (Fsp3) is 0.409. The molecule has 1 aliphatic heterocycles. The maximum absolute atomic E-state index is 12.0. The van der Waals surface area contributed by atoms with Crippen LogP contribution < -0.4 is 10.1 Å². The summed E-state index contributed by atoms with van der Waals surface area (Å²) in [5.74, 6) is 0.605. The van der Waals surface area contributed by atoms with Crippen molar-refractivity contribution in [1.82, 2.24) is 10.2 Å². The molecule has 3 rings (SSSR count). The zero-order valence-corrected chi connectivity index (χ0v) is 15.3. The van der Waals surface area contributed by atoms with Crippen molar-refractivity contribution in [1.29, 1.82) is 0 Å². The molecule has 26 heavy (non-hydrogen) atoms. The molecule has 1 amide bonds. The molecule has 4 heteroatoms. The number of hydrogen-bond donors (Lipinski definition) is 1. The fourth-order valence-electron chi connectivity index (χ4n) is 3.31. The van der Waals surface area contributed by atoms with Gasteiger partial charge in [0.05, 0.1) is 0 Å². The van der Waals surface area contributed by atoms with Crippen LogP contribution in [0.5, 0.6) is 5.75 Å². The highest BCUT2D eigenvalue weighted by molar-refractivity contribution is 5.77. The summed E-state index contributed by atoms with van der Waals surface area (Å²) >= 11 is 0. The maximum atomic E-state index is 12.0. The van der Waals surface area contributed by atoms with Gasteiger partial charge in [-0.3, -0.25) is 9.69 Å². The predicted octanol–water partition coefficient (Wildman–Crippen LogP) is 3.76. The third-order valence-electron chi connectivity index (χ3n) is 4.70. The minimum atomic E-state index is -0.105. The first kappa shape index (κ1) is 18.5. The van der Waals surface area contributed by atoms with Crippen LogP contribution in [0.25, 0.3) is 0 Å². The van der Waals surface area contributed by atoms with E-state index in [0.29, 0.717) is 12.3 Å². The molecule has 2 aromatic carbocycles. The quantitative estimate of drug-likeness (QED) is 0.825. The lowest BCUT2D eigenvalue weighted by molar-refractivity contribution is -0.123. The van der Waals surface area contributed by atoms with Crippen LogP contribution in [0.2, 0.25) is 0 Å². The van der Waals surface area contributed by atoms with Crippen LogP contribution in [0.1, 0.15) is 36.8 Å². The molecule has 0 unspecified atom stereocenters. The first-order valence-electron chi connectivity index (χ1n) is 9.54. The van der Waals surface area contributed by atoms with Gasteiger partial charge >= 0.3 is 0 Å². The van der Waals surface area contributed by atoms with Crippen LogP contribution >= 0.6 is 0 Å². The second-order valence-electron chi connectivity index (χ2n) is 6.89. The van der Waals surface area contributed by atoms with E-state index in [0.717, 1.165) is 12.1 Å². The molecular formula is C22H28N2O2. The summed E-state index contributed by atoms with van der Waals surface area (Å²) < 4.78 is 5.47. The lowest BCUT2D eigenvalue weighted by atomic mass is 10.1. The van der Waals surface area contributed by atoms with Crippen molar-refractivity contribution >= 4 is 5.91 Å². The minimum absolute atomic E-state index is 0.0392. The topological polar surface area (TPSA) is 41.6 Å². The highest BCUT2D eigenvalue weighted by Crippen LogP contribution is 2.14. The van der Waals surface area contributed by atoms with Crippen LogP contribution in [-0.4, -0.2) is 30.5 Å². The summed E-state index contributed by atoms with van der Waals surface area (Å²) in [6.07, 6.45) is 5.32. The third kappa shape index (κ3) is 6.19. The number of para-hydroxylation sites is 1. The number of likely N-dealkylation sites (tertiary alicyclic amines) is 1. The summed E-state index contributed by atoms with van der Waals surface area (Å²) in [4.78, 5) is 14.5. The molecule has 4 nitrogen and oxygen atoms in total. The van der Waals surface area contributed by atoms with Gasteiger partial charge < -0.3 is 10.1 Å². The van der Waals surface area contributed by atoms with E-state index in [1.165, 1.54) is 44.3 Å². The number of nitrogens with zero attached hydrogens (tertiary/aromatic N) is 1. The number of nitrogens with one attached hydrogen (secondary N) is 1. The Hall–Kier alpha value is -2.33. The zero-order chi connectivity index (χ0) is 18.0. The van der Waals surface area contributed by atoms with Crippen molar-refractivity contribution in [2.75, 3.05) is 19.7 Å². The number of carbonyl (C=O) groups is 1. The molecule has 1 aliphatic rings. The van der Waals surface area contributed by atoms with E-state index < -0.39 is 0 Å². The van der Waals surface area contributed by atoms with Gasteiger partial charge in [0, 0.05) is 13.1 Å². The van der Waals surface area contributed by atoms with E-state index in [1.807, 2.05) is 30.3 Å². The largest absolute Gasteiger partial charge is 0.484 e. The monoisotopic (exact) mass is 352 g/mol. The van der Waals surface area contributed by atoms with Gasteiger partial charge in [-0.15, -0.1) is 0 Å². The van der Waals surface area contributed by atoms with Gasteiger partial charge in [-0.1, -0.05) is 55.3 Å². The van der Waals surface area contributed by atoms with Crippen molar-refractivity contribution in [3.8, 4) is 5.75 Å². The Labute approximate surface area is 156 Å². The van der Waals surface area contributed by atoms with Crippen LogP contribution in [-0.2, 0) is 17.9 Å². The Morgan fingerprint density at radius 1 is 0.923 bits per heavy atom. The van der Waals surface area contributed by atoms with Crippen molar-refractivity contribution in [2.45, 2.75) is 38.8 Å². The van der Waals surface area contributed by atoms with E-state index in [4.69, 9.17) is 4.74 Å². The summed E-state index contributed by atoms with van der Waals surface area (Å²) in [6.45, 7) is 3.96. The second kappa shape index (κ2) is 9.97. The van der Waals surface area contributed by atoms with Gasteiger partial charge in [0.2, 0.25) is 0 Å². The highest BCUT2D eigenvalue weighted by atomic mass is 16.5. The van der Waals surface area contributed by atoms with Crippen LogP contribution in [0.15, 0.2) is 54.6 Å². The molecule has 2 aromatic rings. The molecule has 138 valence electrons. The van der Waals surface area contributed by atoms with E-state index >= 15 is 0 Å². The standard InChI is InChI=1S/C22H28N2O2/c25-22(18-26-21-11-4-3-5-12-21)23-16-19-9-8-10-20(15-19)17-24-13-6-1-2-7-14-24/h3-5,8-12,15H,1-2,6-7,13-14,16-18H2,(H,23,25). The molecule has 0 bridgehead atoms. The molecule has 0 radical (unpaired) electrons. The number of benzene rings is 2. The Morgan fingerprint density at radius 3 is 2.42 bits per heavy atom. The van der Waals surface area contributed by atoms with Crippen molar-refractivity contribution < 1.29 is 9.53 Å². The molecule has 0 spiro atoms. The van der Waals surface area contributed by atoms with Crippen molar-refractivity contribution in [2.24, 2.45) is 0 Å². The van der Waals surface area contributed by atoms with E-state index in [1.54, 1.807) is 0 Å². The maximum Gasteiger partial charge on any atom is 0.258 e. The minimum Gasteiger partial charge on any atom is -0.484 e. The molecule has 0 saturated carbocycles. The van der Waals surface area contributed by atoms with E-state index in [2.05, 4.69) is 34.5 Å². The van der Waals surface area contributed by atoms with Gasteiger partial charge in [0.15, 0.2) is 6.61 Å². The molecule has 0 atom stereocenters. The molecule has 1 fully saturated rings. The Kier molecular flexibility index (Phi) is 7.08. The second-order valence-corrected chi connectivity index (χ2v) is 6.89. The van der Waals surface area contributed by atoms with Gasteiger partial charge in [-0.25, -0.2) is 0 Å². The predicted molar refractivity (Wildman–Crippen MR) is 104 cm³/mol. The lowest BCUT2D eigenvalue weighted by Gasteiger charge is -2.20. The molecule has 0 aliphatic carbocycles. The number of hydrogen-bond acceptors (Lipinski definition) is 3. The smallest absolute Gasteiger partial charge is 0.258 e. The summed E-state index contributed by atoms with van der Waals surface area (Å²) in [5.41, 5.74) is 2.45. The fourth-order valence-corrected chi connectivity index (χ4v) is 3.31. The number of ether oxygens (including phenoxy) is 1. The number of rotatable bonds is 7. The lowest BCUT2D eigenvalue weighted by Crippen LogP contribution is -2.28. The first-order chi connectivity index (χ1) is 12.8. The van der Waals surface area contributed by atoms with Gasteiger partial charge in [-0.05, 0) is 49.2 Å². The molecule has 0 aromatic heterocycles. The SMILES string of the molecule is O=C(COc1ccccc1)NCc1cccc(CN2CCCCCC2)c1. The molecule has 1 heterocycles. The van der Waals surface area contributed by atoms with E-state index in [9.17, 15) is 4.79 Å². The van der Waals surface area contributed by atoms with Gasteiger partial charge in [-0.2, -0.15) is 0 Å². The Bertz CT molecular complexity index is 680. The molecular weight excluding hydrogens is 324 g/mol. The van der Waals surface area contributed by atoms with Gasteiger partial charge in [0.1, 0.15) is 5.75 Å². The van der Waals surface area contributed by atoms with E-state index in [-0.39, 0.29) is 12.5 Å². The number of amides is 1. The summed E-state index contributed by atoms with van der Waals surface area (Å²) in [5, 5.41) is 2.93. The Balaban J connectivity index is 1.45. The van der Waals surface area contributed by atoms with Crippen LogP contribution in [0.3, 0.4) is 0 Å². The third-order valence-corrected chi connectivity index (χ3v) is 4.70.